The van der Waals surface area contributed by atoms with Gasteiger partial charge in [0.1, 0.15) is 5.82 Å². The molecule has 0 saturated carbocycles. The molecule has 1 aromatic heterocycles. The lowest BCUT2D eigenvalue weighted by Crippen LogP contribution is -2.39. The van der Waals surface area contributed by atoms with E-state index >= 15 is 0 Å². The zero-order chi connectivity index (χ0) is 12.4. The second-order valence-electron chi connectivity index (χ2n) is 4.49. The molecule has 1 aliphatic rings. The van der Waals surface area contributed by atoms with Crippen molar-refractivity contribution in [2.75, 3.05) is 11.4 Å². The van der Waals surface area contributed by atoms with E-state index in [4.69, 9.17) is 10.0 Å². The van der Waals surface area contributed by atoms with Crippen molar-refractivity contribution in [2.45, 2.75) is 32.2 Å². The van der Waals surface area contributed by atoms with Crippen LogP contribution in [0, 0.1) is 0 Å². The summed E-state index contributed by atoms with van der Waals surface area (Å²) >= 11 is 3.45. The van der Waals surface area contributed by atoms with Gasteiger partial charge in [-0.05, 0) is 48.2 Å². The Morgan fingerprint density at radius 2 is 2.24 bits per heavy atom. The van der Waals surface area contributed by atoms with Gasteiger partial charge in [-0.3, -0.25) is 0 Å². The molecule has 1 aliphatic heterocycles. The second kappa shape index (κ2) is 5.37. The first-order valence-corrected chi connectivity index (χ1v) is 6.67. The number of nitrogens with zero attached hydrogens (tertiary/aromatic N) is 2. The van der Waals surface area contributed by atoms with E-state index in [2.05, 4.69) is 32.7 Å². The molecule has 1 fully saturated rings. The largest absolute Gasteiger partial charge is 0.490 e. The molecule has 0 bridgehead atoms. The molecular formula is C11H16BBrN2O2. The van der Waals surface area contributed by atoms with Crippen molar-refractivity contribution in [3.05, 3.63) is 16.7 Å². The summed E-state index contributed by atoms with van der Waals surface area (Å²) in [7, 11) is -1.47. The summed E-state index contributed by atoms with van der Waals surface area (Å²) in [5.74, 6) is 0.890. The standard InChI is InChI=1S/C11H16BBrN2O2/c1-8-4-2-3-5-15(8)11-10(13)6-9(7-14-11)12(16)17/h6-8,16-17H,2-5H2,1H3. The average Bonchev–Trinajstić information content (AvgIpc) is 2.30. The highest BCUT2D eigenvalue weighted by atomic mass is 79.9. The fraction of sp³-hybridized carbons (Fsp3) is 0.545. The molecule has 0 radical (unpaired) electrons. The minimum atomic E-state index is -1.47. The number of hydrogen-bond donors (Lipinski definition) is 2. The lowest BCUT2D eigenvalue weighted by Gasteiger charge is -2.35. The Morgan fingerprint density at radius 3 is 2.82 bits per heavy atom. The number of pyridine rings is 1. The molecule has 0 amide bonds. The lowest BCUT2D eigenvalue weighted by molar-refractivity contribution is 0.425. The number of halogens is 1. The van der Waals surface area contributed by atoms with Gasteiger partial charge in [0, 0.05) is 24.2 Å². The predicted octanol–water partition coefficient (Wildman–Crippen LogP) is 0.903. The molecule has 92 valence electrons. The van der Waals surface area contributed by atoms with E-state index in [0.29, 0.717) is 11.5 Å². The van der Waals surface area contributed by atoms with Gasteiger partial charge in [-0.2, -0.15) is 0 Å². The van der Waals surface area contributed by atoms with Crippen molar-refractivity contribution in [2.24, 2.45) is 0 Å². The number of piperidine rings is 1. The topological polar surface area (TPSA) is 56.6 Å². The van der Waals surface area contributed by atoms with Crippen LogP contribution in [0.2, 0.25) is 0 Å². The molecule has 1 aromatic rings. The van der Waals surface area contributed by atoms with Crippen molar-refractivity contribution in [3.63, 3.8) is 0 Å². The van der Waals surface area contributed by atoms with Crippen LogP contribution in [0.3, 0.4) is 0 Å². The van der Waals surface area contributed by atoms with Gasteiger partial charge in [-0.1, -0.05) is 0 Å². The maximum atomic E-state index is 9.08. The van der Waals surface area contributed by atoms with Crippen molar-refractivity contribution >= 4 is 34.3 Å². The van der Waals surface area contributed by atoms with Gasteiger partial charge in [0.25, 0.3) is 0 Å². The maximum Gasteiger partial charge on any atom is 0.490 e. The van der Waals surface area contributed by atoms with Crippen LogP contribution in [0.4, 0.5) is 5.82 Å². The highest BCUT2D eigenvalue weighted by molar-refractivity contribution is 9.10. The van der Waals surface area contributed by atoms with Crippen LogP contribution in [-0.4, -0.2) is 34.7 Å². The van der Waals surface area contributed by atoms with Crippen LogP contribution < -0.4 is 10.4 Å². The Balaban J connectivity index is 2.26. The van der Waals surface area contributed by atoms with Gasteiger partial charge < -0.3 is 14.9 Å². The quantitative estimate of drug-likeness (QED) is 0.797. The molecule has 1 unspecified atom stereocenters. The minimum absolute atomic E-state index is 0.408. The molecule has 4 nitrogen and oxygen atoms in total. The molecule has 17 heavy (non-hydrogen) atoms. The van der Waals surface area contributed by atoms with Crippen LogP contribution in [0.25, 0.3) is 0 Å². The monoisotopic (exact) mass is 298 g/mol. The summed E-state index contributed by atoms with van der Waals surface area (Å²) in [6, 6.07) is 2.20. The Kier molecular flexibility index (Phi) is 4.07. The van der Waals surface area contributed by atoms with Crippen LogP contribution in [-0.2, 0) is 0 Å². The zero-order valence-corrected chi connectivity index (χ0v) is 11.4. The minimum Gasteiger partial charge on any atom is -0.423 e. The molecule has 0 spiro atoms. The third-order valence-electron chi connectivity index (χ3n) is 3.22. The molecule has 6 heteroatoms. The number of hydrogen-bond acceptors (Lipinski definition) is 4. The van der Waals surface area contributed by atoms with Crippen molar-refractivity contribution in [3.8, 4) is 0 Å². The van der Waals surface area contributed by atoms with Crippen molar-refractivity contribution in [1.29, 1.82) is 0 Å². The summed E-state index contributed by atoms with van der Waals surface area (Å²) in [5, 5.41) is 18.2. The highest BCUT2D eigenvalue weighted by Gasteiger charge is 2.22. The van der Waals surface area contributed by atoms with Gasteiger partial charge in [0.05, 0.1) is 4.47 Å². The molecule has 2 rings (SSSR count). The normalized spacial score (nSPS) is 20.5. The first kappa shape index (κ1) is 12.9. The molecule has 0 aliphatic carbocycles. The Morgan fingerprint density at radius 1 is 1.47 bits per heavy atom. The fourth-order valence-corrected chi connectivity index (χ4v) is 2.81. The number of aromatic nitrogens is 1. The van der Waals surface area contributed by atoms with E-state index in [-0.39, 0.29) is 0 Å². The van der Waals surface area contributed by atoms with Gasteiger partial charge in [-0.15, -0.1) is 0 Å². The lowest BCUT2D eigenvalue weighted by atomic mass is 9.82. The van der Waals surface area contributed by atoms with E-state index in [1.54, 1.807) is 6.07 Å². The average molecular weight is 299 g/mol. The van der Waals surface area contributed by atoms with Crippen LogP contribution in [0.1, 0.15) is 26.2 Å². The molecule has 2 heterocycles. The maximum absolute atomic E-state index is 9.08. The third kappa shape index (κ3) is 2.81. The molecule has 1 atom stereocenters. The van der Waals surface area contributed by atoms with Gasteiger partial charge in [-0.25, -0.2) is 4.98 Å². The summed E-state index contributed by atoms with van der Waals surface area (Å²) < 4.78 is 0.817. The molecule has 0 aromatic carbocycles. The van der Waals surface area contributed by atoms with Crippen LogP contribution in [0.5, 0.6) is 0 Å². The van der Waals surface area contributed by atoms with E-state index in [1.165, 1.54) is 25.5 Å². The Hall–Kier alpha value is -0.585. The van der Waals surface area contributed by atoms with E-state index < -0.39 is 7.12 Å². The predicted molar refractivity (Wildman–Crippen MR) is 72.4 cm³/mol. The van der Waals surface area contributed by atoms with Crippen molar-refractivity contribution < 1.29 is 10.0 Å². The van der Waals surface area contributed by atoms with E-state index in [9.17, 15) is 0 Å². The van der Waals surface area contributed by atoms with Crippen LogP contribution >= 0.6 is 15.9 Å². The van der Waals surface area contributed by atoms with E-state index in [1.807, 2.05) is 0 Å². The van der Waals surface area contributed by atoms with Crippen molar-refractivity contribution in [1.82, 2.24) is 4.98 Å². The second-order valence-corrected chi connectivity index (χ2v) is 5.34. The third-order valence-corrected chi connectivity index (χ3v) is 3.80. The summed E-state index contributed by atoms with van der Waals surface area (Å²) in [6.45, 7) is 3.20. The SMILES string of the molecule is CC1CCCCN1c1ncc(B(O)O)cc1Br. The number of rotatable bonds is 2. The van der Waals surface area contributed by atoms with Crippen LogP contribution in [0.15, 0.2) is 16.7 Å². The van der Waals surface area contributed by atoms with E-state index in [0.717, 1.165) is 16.8 Å². The molecule has 1 saturated heterocycles. The molecule has 2 N–H and O–H groups in total. The smallest absolute Gasteiger partial charge is 0.423 e. The first-order chi connectivity index (χ1) is 8.09. The summed E-state index contributed by atoms with van der Waals surface area (Å²) in [4.78, 5) is 6.60. The number of anilines is 1. The first-order valence-electron chi connectivity index (χ1n) is 5.88. The summed E-state index contributed by atoms with van der Waals surface area (Å²) in [5.41, 5.74) is 0.408. The Bertz CT molecular complexity index is 403. The van der Waals surface area contributed by atoms with Gasteiger partial charge in [0.2, 0.25) is 0 Å². The highest BCUT2D eigenvalue weighted by Crippen LogP contribution is 2.28. The fourth-order valence-electron chi connectivity index (χ4n) is 2.21. The zero-order valence-electron chi connectivity index (χ0n) is 9.80. The van der Waals surface area contributed by atoms with Gasteiger partial charge in [0.15, 0.2) is 0 Å². The molecular weight excluding hydrogens is 283 g/mol. The van der Waals surface area contributed by atoms with Gasteiger partial charge >= 0.3 is 7.12 Å². The summed E-state index contributed by atoms with van der Waals surface area (Å²) in [6.07, 6.45) is 5.15. The Labute approximate surface area is 110 Å².